The van der Waals surface area contributed by atoms with E-state index in [-0.39, 0.29) is 0 Å². The van der Waals surface area contributed by atoms with Gasteiger partial charge in [-0.1, -0.05) is 6.92 Å². The predicted molar refractivity (Wildman–Crippen MR) is 55.0 cm³/mol. The number of aromatic nitrogens is 3. The van der Waals surface area contributed by atoms with Crippen molar-refractivity contribution in [2.75, 3.05) is 6.54 Å². The number of hydrogen-bond donors (Lipinski definition) is 1. The summed E-state index contributed by atoms with van der Waals surface area (Å²) in [6.07, 6.45) is 8.49. The van der Waals surface area contributed by atoms with Crippen LogP contribution in [0.25, 0.3) is 0 Å². The van der Waals surface area contributed by atoms with Crippen LogP contribution in [0.3, 0.4) is 0 Å². The van der Waals surface area contributed by atoms with E-state index in [1.807, 2.05) is 11.0 Å². The second-order valence-corrected chi connectivity index (χ2v) is 3.95. The van der Waals surface area contributed by atoms with Crippen LogP contribution >= 0.6 is 0 Å². The highest BCUT2D eigenvalue weighted by Gasteiger charge is 2.22. The molecule has 2 rings (SSSR count). The highest BCUT2D eigenvalue weighted by atomic mass is 15.3. The summed E-state index contributed by atoms with van der Waals surface area (Å²) in [6.45, 7) is 3.23. The fraction of sp³-hybridized carbons (Fsp3) is 0.800. The second-order valence-electron chi connectivity index (χ2n) is 3.95. The van der Waals surface area contributed by atoms with Crippen molar-refractivity contribution >= 4 is 0 Å². The standard InChI is InChI=1S/C10H18N4/c1-2-12-9-4-3-5-10(6-9)14-8-11-7-13-14/h7-10,12H,2-6H2,1H3. The monoisotopic (exact) mass is 194 g/mol. The Kier molecular flexibility index (Phi) is 3.14. The van der Waals surface area contributed by atoms with Gasteiger partial charge in [0, 0.05) is 6.04 Å². The van der Waals surface area contributed by atoms with E-state index in [1.54, 1.807) is 6.33 Å². The van der Waals surface area contributed by atoms with Crippen molar-refractivity contribution in [3.05, 3.63) is 12.7 Å². The summed E-state index contributed by atoms with van der Waals surface area (Å²) in [5, 5.41) is 7.73. The molecule has 1 fully saturated rings. The van der Waals surface area contributed by atoms with Gasteiger partial charge in [-0.25, -0.2) is 9.67 Å². The fourth-order valence-corrected chi connectivity index (χ4v) is 2.28. The van der Waals surface area contributed by atoms with E-state index >= 15 is 0 Å². The highest BCUT2D eigenvalue weighted by Crippen LogP contribution is 2.27. The van der Waals surface area contributed by atoms with Crippen LogP contribution in [-0.4, -0.2) is 27.4 Å². The third-order valence-electron chi connectivity index (χ3n) is 2.95. The second kappa shape index (κ2) is 4.55. The quantitative estimate of drug-likeness (QED) is 0.790. The molecule has 0 aliphatic heterocycles. The molecule has 0 saturated heterocycles. The van der Waals surface area contributed by atoms with E-state index in [2.05, 4.69) is 22.3 Å². The molecule has 2 unspecified atom stereocenters. The zero-order valence-electron chi connectivity index (χ0n) is 8.69. The third kappa shape index (κ3) is 2.12. The molecule has 0 radical (unpaired) electrons. The van der Waals surface area contributed by atoms with E-state index in [4.69, 9.17) is 0 Å². The van der Waals surface area contributed by atoms with Crippen LogP contribution in [-0.2, 0) is 0 Å². The van der Waals surface area contributed by atoms with Crippen molar-refractivity contribution in [2.45, 2.75) is 44.7 Å². The summed E-state index contributed by atoms with van der Waals surface area (Å²) in [7, 11) is 0. The Bertz CT molecular complexity index is 255. The van der Waals surface area contributed by atoms with Gasteiger partial charge >= 0.3 is 0 Å². The van der Waals surface area contributed by atoms with E-state index in [1.165, 1.54) is 25.7 Å². The maximum atomic E-state index is 4.21. The first-order chi connectivity index (χ1) is 6.90. The Balaban J connectivity index is 1.94. The smallest absolute Gasteiger partial charge is 0.137 e. The first kappa shape index (κ1) is 9.65. The van der Waals surface area contributed by atoms with Crippen LogP contribution in [0.5, 0.6) is 0 Å². The number of rotatable bonds is 3. The van der Waals surface area contributed by atoms with Crippen molar-refractivity contribution in [3.8, 4) is 0 Å². The van der Waals surface area contributed by atoms with Crippen LogP contribution in [0, 0.1) is 0 Å². The Labute approximate surface area is 84.7 Å². The van der Waals surface area contributed by atoms with Gasteiger partial charge in [0.1, 0.15) is 12.7 Å². The minimum Gasteiger partial charge on any atom is -0.314 e. The van der Waals surface area contributed by atoms with Crippen molar-refractivity contribution < 1.29 is 0 Å². The fourth-order valence-electron chi connectivity index (χ4n) is 2.28. The molecule has 1 heterocycles. The van der Waals surface area contributed by atoms with Crippen molar-refractivity contribution in [2.24, 2.45) is 0 Å². The summed E-state index contributed by atoms with van der Waals surface area (Å²) in [5.74, 6) is 0. The Morgan fingerprint density at radius 1 is 1.50 bits per heavy atom. The normalized spacial score (nSPS) is 27.8. The summed E-state index contributed by atoms with van der Waals surface area (Å²) in [5.41, 5.74) is 0. The van der Waals surface area contributed by atoms with Crippen LogP contribution in [0.15, 0.2) is 12.7 Å². The van der Waals surface area contributed by atoms with Gasteiger partial charge in [-0.2, -0.15) is 5.10 Å². The predicted octanol–water partition coefficient (Wildman–Crippen LogP) is 1.37. The van der Waals surface area contributed by atoms with Gasteiger partial charge < -0.3 is 5.32 Å². The first-order valence-electron chi connectivity index (χ1n) is 5.47. The third-order valence-corrected chi connectivity index (χ3v) is 2.95. The molecule has 78 valence electrons. The van der Waals surface area contributed by atoms with E-state index in [9.17, 15) is 0 Å². The van der Waals surface area contributed by atoms with E-state index < -0.39 is 0 Å². The van der Waals surface area contributed by atoms with Crippen molar-refractivity contribution in [1.82, 2.24) is 20.1 Å². The summed E-state index contributed by atoms with van der Waals surface area (Å²) < 4.78 is 2.00. The lowest BCUT2D eigenvalue weighted by Crippen LogP contribution is -2.34. The van der Waals surface area contributed by atoms with Crippen molar-refractivity contribution in [3.63, 3.8) is 0 Å². The zero-order valence-corrected chi connectivity index (χ0v) is 8.69. The molecule has 0 spiro atoms. The molecular formula is C10H18N4. The molecule has 0 bridgehead atoms. The molecule has 0 amide bonds. The van der Waals surface area contributed by atoms with Gasteiger partial charge in [0.2, 0.25) is 0 Å². The molecule has 14 heavy (non-hydrogen) atoms. The van der Waals surface area contributed by atoms with Gasteiger partial charge in [0.25, 0.3) is 0 Å². The molecular weight excluding hydrogens is 176 g/mol. The average molecular weight is 194 g/mol. The summed E-state index contributed by atoms with van der Waals surface area (Å²) in [4.78, 5) is 4.00. The number of nitrogens with zero attached hydrogens (tertiary/aromatic N) is 3. The Morgan fingerprint density at radius 2 is 2.43 bits per heavy atom. The molecule has 1 aliphatic carbocycles. The lowest BCUT2D eigenvalue weighted by molar-refractivity contribution is 0.272. The van der Waals surface area contributed by atoms with Crippen LogP contribution in [0.4, 0.5) is 0 Å². The Morgan fingerprint density at radius 3 is 3.14 bits per heavy atom. The van der Waals surface area contributed by atoms with Gasteiger partial charge in [-0.05, 0) is 32.2 Å². The molecule has 1 N–H and O–H groups in total. The highest BCUT2D eigenvalue weighted by molar-refractivity contribution is 4.81. The van der Waals surface area contributed by atoms with Crippen LogP contribution < -0.4 is 5.32 Å². The largest absolute Gasteiger partial charge is 0.314 e. The topological polar surface area (TPSA) is 42.7 Å². The summed E-state index contributed by atoms with van der Waals surface area (Å²) in [6, 6.07) is 1.22. The van der Waals surface area contributed by atoms with E-state index in [0.29, 0.717) is 12.1 Å². The van der Waals surface area contributed by atoms with Gasteiger partial charge in [0.05, 0.1) is 6.04 Å². The maximum absolute atomic E-state index is 4.21. The minimum absolute atomic E-state index is 0.551. The van der Waals surface area contributed by atoms with E-state index in [0.717, 1.165) is 6.54 Å². The molecule has 1 aromatic rings. The molecule has 4 nitrogen and oxygen atoms in total. The Hall–Kier alpha value is -0.900. The summed E-state index contributed by atoms with van der Waals surface area (Å²) >= 11 is 0. The lowest BCUT2D eigenvalue weighted by Gasteiger charge is -2.29. The van der Waals surface area contributed by atoms with Gasteiger partial charge in [0.15, 0.2) is 0 Å². The van der Waals surface area contributed by atoms with Gasteiger partial charge in [-0.15, -0.1) is 0 Å². The minimum atomic E-state index is 0.551. The van der Waals surface area contributed by atoms with Gasteiger partial charge in [-0.3, -0.25) is 0 Å². The SMILES string of the molecule is CCNC1CCCC(n2cncn2)C1. The molecule has 1 aromatic heterocycles. The first-order valence-corrected chi connectivity index (χ1v) is 5.47. The number of nitrogens with one attached hydrogen (secondary N) is 1. The molecule has 2 atom stereocenters. The lowest BCUT2D eigenvalue weighted by atomic mass is 9.91. The van der Waals surface area contributed by atoms with Crippen molar-refractivity contribution in [1.29, 1.82) is 0 Å². The molecule has 1 aliphatic rings. The number of hydrogen-bond acceptors (Lipinski definition) is 3. The van der Waals surface area contributed by atoms with Crippen LogP contribution in [0.2, 0.25) is 0 Å². The molecule has 1 saturated carbocycles. The molecule has 4 heteroatoms. The van der Waals surface area contributed by atoms with Crippen LogP contribution in [0.1, 0.15) is 38.6 Å². The molecule has 0 aromatic carbocycles. The average Bonchev–Trinajstić information content (AvgIpc) is 2.71. The zero-order chi connectivity index (χ0) is 9.80. The maximum Gasteiger partial charge on any atom is 0.137 e.